The van der Waals surface area contributed by atoms with E-state index in [1.54, 1.807) is 17.7 Å². The molecule has 0 bridgehead atoms. The van der Waals surface area contributed by atoms with Crippen LogP contribution in [0.1, 0.15) is 31.2 Å². The quantitative estimate of drug-likeness (QED) is 0.550. The molecule has 0 fully saturated rings. The van der Waals surface area contributed by atoms with Crippen LogP contribution in [-0.4, -0.2) is 19.6 Å². The van der Waals surface area contributed by atoms with Crippen molar-refractivity contribution in [3.05, 3.63) is 47.4 Å². The first kappa shape index (κ1) is 13.4. The molecule has 0 atom stereocenters. The topological polar surface area (TPSA) is 43.1 Å². The van der Waals surface area contributed by atoms with Crippen molar-refractivity contribution in [2.75, 3.05) is 0 Å². The van der Waals surface area contributed by atoms with Gasteiger partial charge in [0.05, 0.1) is 5.39 Å². The molecule has 1 aromatic carbocycles. The van der Waals surface area contributed by atoms with Gasteiger partial charge in [0.2, 0.25) is 0 Å². The highest BCUT2D eigenvalue weighted by Crippen LogP contribution is 2.35. The van der Waals surface area contributed by atoms with Crippen molar-refractivity contribution in [1.82, 2.24) is 19.6 Å². The Labute approximate surface area is 132 Å². The molecule has 3 aromatic heterocycles. The maximum Gasteiger partial charge on any atom is 0.173 e. The number of hydrogen-bond acceptors (Lipinski definition) is 4. The fraction of sp³-hybridized carbons (Fsp3) is 0.235. The number of nitrogens with zero attached hydrogens (tertiary/aromatic N) is 4. The highest BCUT2D eigenvalue weighted by Gasteiger charge is 2.14. The molecule has 0 aliphatic rings. The lowest BCUT2D eigenvalue weighted by atomic mass is 9.99. The molecule has 0 saturated heterocycles. The maximum absolute atomic E-state index is 4.54. The summed E-state index contributed by atoms with van der Waals surface area (Å²) in [6.45, 7) is 6.36. The van der Waals surface area contributed by atoms with Gasteiger partial charge in [-0.1, -0.05) is 38.1 Å². The number of aromatic nitrogens is 4. The van der Waals surface area contributed by atoms with Gasteiger partial charge in [0, 0.05) is 10.9 Å². The Bertz CT molecular complexity index is 964. The van der Waals surface area contributed by atoms with Gasteiger partial charge >= 0.3 is 0 Å². The molecule has 0 saturated carbocycles. The van der Waals surface area contributed by atoms with Crippen molar-refractivity contribution in [1.29, 1.82) is 0 Å². The average molecular weight is 308 g/mol. The lowest BCUT2D eigenvalue weighted by molar-refractivity contribution is 0.867. The van der Waals surface area contributed by atoms with Gasteiger partial charge in [-0.15, -0.1) is 21.5 Å². The van der Waals surface area contributed by atoms with Crippen molar-refractivity contribution in [3.63, 3.8) is 0 Å². The second-order valence-electron chi connectivity index (χ2n) is 5.79. The van der Waals surface area contributed by atoms with E-state index in [-0.39, 0.29) is 0 Å². The second-order valence-corrected chi connectivity index (χ2v) is 6.65. The van der Waals surface area contributed by atoms with Gasteiger partial charge in [-0.2, -0.15) is 0 Å². The minimum absolute atomic E-state index is 0.542. The molecule has 0 aliphatic heterocycles. The molecule has 0 unspecified atom stereocenters. The van der Waals surface area contributed by atoms with Crippen molar-refractivity contribution < 1.29 is 0 Å². The SMILES string of the molecule is Cc1nnc2c3c(-c4ccc(C(C)C)cc4)csc3ncn12. The molecule has 110 valence electrons. The Balaban J connectivity index is 1.96. The zero-order valence-corrected chi connectivity index (χ0v) is 13.6. The fourth-order valence-corrected chi connectivity index (χ4v) is 3.62. The molecule has 4 nitrogen and oxygen atoms in total. The first-order chi connectivity index (χ1) is 10.6. The smallest absolute Gasteiger partial charge is 0.173 e. The van der Waals surface area contributed by atoms with Crippen LogP contribution in [0.25, 0.3) is 27.0 Å². The minimum Gasteiger partial charge on any atom is -0.269 e. The van der Waals surface area contributed by atoms with E-state index in [0.29, 0.717) is 5.92 Å². The van der Waals surface area contributed by atoms with Gasteiger partial charge in [0.15, 0.2) is 5.65 Å². The molecule has 4 rings (SSSR count). The third-order valence-corrected chi connectivity index (χ3v) is 4.93. The van der Waals surface area contributed by atoms with E-state index < -0.39 is 0 Å². The van der Waals surface area contributed by atoms with Crippen LogP contribution in [-0.2, 0) is 0 Å². The monoisotopic (exact) mass is 308 g/mol. The summed E-state index contributed by atoms with van der Waals surface area (Å²) in [6, 6.07) is 8.77. The third kappa shape index (κ3) is 1.93. The molecule has 0 radical (unpaired) electrons. The molecule has 22 heavy (non-hydrogen) atoms. The number of hydrogen-bond donors (Lipinski definition) is 0. The van der Waals surface area contributed by atoms with Gasteiger partial charge in [-0.05, 0) is 24.0 Å². The first-order valence-corrected chi connectivity index (χ1v) is 8.21. The number of aryl methyl sites for hydroxylation is 1. The lowest BCUT2D eigenvalue weighted by Crippen LogP contribution is -1.91. The van der Waals surface area contributed by atoms with Crippen molar-refractivity contribution in [2.45, 2.75) is 26.7 Å². The summed E-state index contributed by atoms with van der Waals surface area (Å²) in [5.41, 5.74) is 4.61. The van der Waals surface area contributed by atoms with Gasteiger partial charge in [-0.3, -0.25) is 4.40 Å². The van der Waals surface area contributed by atoms with E-state index in [1.165, 1.54) is 16.7 Å². The number of rotatable bonds is 2. The molecule has 4 aromatic rings. The molecule has 0 aliphatic carbocycles. The van der Waals surface area contributed by atoms with E-state index in [1.807, 2.05) is 11.3 Å². The summed E-state index contributed by atoms with van der Waals surface area (Å²) in [4.78, 5) is 5.54. The predicted octanol–water partition coefficient (Wildman–Crippen LogP) is 4.44. The second kappa shape index (κ2) is 4.88. The first-order valence-electron chi connectivity index (χ1n) is 7.33. The summed E-state index contributed by atoms with van der Waals surface area (Å²) in [5, 5.41) is 11.8. The molecular weight excluding hydrogens is 292 g/mol. The number of thiophene rings is 1. The summed E-state index contributed by atoms with van der Waals surface area (Å²) >= 11 is 1.65. The largest absolute Gasteiger partial charge is 0.269 e. The Morgan fingerprint density at radius 2 is 1.86 bits per heavy atom. The summed E-state index contributed by atoms with van der Waals surface area (Å²) in [5.74, 6) is 1.40. The van der Waals surface area contributed by atoms with Crippen LogP contribution < -0.4 is 0 Å². The van der Waals surface area contributed by atoms with E-state index in [4.69, 9.17) is 0 Å². The molecule has 5 heteroatoms. The number of benzene rings is 1. The van der Waals surface area contributed by atoms with E-state index in [2.05, 4.69) is 58.7 Å². The van der Waals surface area contributed by atoms with Crippen LogP contribution >= 0.6 is 11.3 Å². The Kier molecular flexibility index (Phi) is 2.97. The molecule has 0 amide bonds. The normalized spacial score (nSPS) is 11.8. The standard InChI is InChI=1S/C17H16N4S/c1-10(2)12-4-6-13(7-5-12)14-8-22-17-15(14)16-20-19-11(3)21(16)9-18-17/h4-10H,1-3H3. The average Bonchev–Trinajstić information content (AvgIpc) is 3.11. The lowest BCUT2D eigenvalue weighted by Gasteiger charge is -2.06. The van der Waals surface area contributed by atoms with Crippen molar-refractivity contribution in [2.24, 2.45) is 0 Å². The van der Waals surface area contributed by atoms with Crippen LogP contribution in [0.5, 0.6) is 0 Å². The number of fused-ring (bicyclic) bond motifs is 3. The highest BCUT2D eigenvalue weighted by molar-refractivity contribution is 7.17. The van der Waals surface area contributed by atoms with E-state index in [0.717, 1.165) is 21.7 Å². The van der Waals surface area contributed by atoms with E-state index >= 15 is 0 Å². The molecular formula is C17H16N4S. The zero-order chi connectivity index (χ0) is 15.3. The maximum atomic E-state index is 4.54. The highest BCUT2D eigenvalue weighted by atomic mass is 32.1. The van der Waals surface area contributed by atoms with Crippen LogP contribution in [0.2, 0.25) is 0 Å². The van der Waals surface area contributed by atoms with Gasteiger partial charge in [-0.25, -0.2) is 4.98 Å². The van der Waals surface area contributed by atoms with Gasteiger partial charge in [0.1, 0.15) is 17.0 Å². The van der Waals surface area contributed by atoms with Crippen molar-refractivity contribution in [3.8, 4) is 11.1 Å². The third-order valence-electron chi connectivity index (χ3n) is 4.04. The summed E-state index contributed by atoms with van der Waals surface area (Å²) in [7, 11) is 0. The Morgan fingerprint density at radius 3 is 2.59 bits per heavy atom. The Hall–Kier alpha value is -2.27. The zero-order valence-electron chi connectivity index (χ0n) is 12.7. The van der Waals surface area contributed by atoms with Gasteiger partial charge in [0.25, 0.3) is 0 Å². The Morgan fingerprint density at radius 1 is 1.09 bits per heavy atom. The van der Waals surface area contributed by atoms with Crippen LogP contribution in [0, 0.1) is 6.92 Å². The van der Waals surface area contributed by atoms with E-state index in [9.17, 15) is 0 Å². The summed E-state index contributed by atoms with van der Waals surface area (Å²) in [6.07, 6.45) is 1.80. The van der Waals surface area contributed by atoms with Crippen molar-refractivity contribution >= 4 is 27.2 Å². The summed E-state index contributed by atoms with van der Waals surface area (Å²) < 4.78 is 1.95. The molecule has 0 N–H and O–H groups in total. The van der Waals surface area contributed by atoms with Gasteiger partial charge < -0.3 is 0 Å². The van der Waals surface area contributed by atoms with Crippen LogP contribution in [0.15, 0.2) is 36.0 Å². The van der Waals surface area contributed by atoms with Crippen LogP contribution in [0.4, 0.5) is 0 Å². The fourth-order valence-electron chi connectivity index (χ4n) is 2.71. The molecule has 3 heterocycles. The predicted molar refractivity (Wildman–Crippen MR) is 90.4 cm³/mol. The van der Waals surface area contributed by atoms with Crippen LogP contribution in [0.3, 0.4) is 0 Å². The molecule has 0 spiro atoms. The minimum atomic E-state index is 0.542.